The number of nitrogens with zero attached hydrogens (tertiary/aromatic N) is 2. The number of alkyl carbamates (subject to hydrolysis) is 1. The SMILES string of the molecule is CC(C)(C)OC(=O)NC1CN(c2ncccc2C(F)(F)F)C1. The molecule has 2 heterocycles. The van der Waals surface area contributed by atoms with Gasteiger partial charge in [0.05, 0.1) is 11.6 Å². The van der Waals surface area contributed by atoms with Gasteiger partial charge in [0.15, 0.2) is 0 Å². The maximum absolute atomic E-state index is 12.9. The summed E-state index contributed by atoms with van der Waals surface area (Å²) in [7, 11) is 0. The number of hydrogen-bond acceptors (Lipinski definition) is 4. The number of anilines is 1. The molecule has 1 N–H and O–H groups in total. The van der Waals surface area contributed by atoms with E-state index in [-0.39, 0.29) is 24.9 Å². The van der Waals surface area contributed by atoms with Gasteiger partial charge in [0.2, 0.25) is 0 Å². The van der Waals surface area contributed by atoms with E-state index in [4.69, 9.17) is 4.74 Å². The number of hydrogen-bond donors (Lipinski definition) is 1. The van der Waals surface area contributed by atoms with Crippen molar-refractivity contribution in [1.29, 1.82) is 0 Å². The number of ether oxygens (including phenoxy) is 1. The first kappa shape index (κ1) is 16.4. The summed E-state index contributed by atoms with van der Waals surface area (Å²) in [4.78, 5) is 16.9. The Balaban J connectivity index is 1.94. The topological polar surface area (TPSA) is 54.5 Å². The van der Waals surface area contributed by atoms with Crippen molar-refractivity contribution in [1.82, 2.24) is 10.3 Å². The molecule has 1 aliphatic rings. The average molecular weight is 317 g/mol. The zero-order valence-electron chi connectivity index (χ0n) is 12.6. The molecule has 1 aliphatic heterocycles. The summed E-state index contributed by atoms with van der Waals surface area (Å²) in [6, 6.07) is 2.00. The second-order valence-corrected chi connectivity index (χ2v) is 6.12. The highest BCUT2D eigenvalue weighted by molar-refractivity contribution is 5.69. The maximum Gasteiger partial charge on any atom is 0.419 e. The Bertz CT molecular complexity index is 549. The zero-order chi connectivity index (χ0) is 16.5. The van der Waals surface area contributed by atoms with Gasteiger partial charge >= 0.3 is 12.3 Å². The van der Waals surface area contributed by atoms with Crippen LogP contribution in [-0.4, -0.2) is 35.8 Å². The fourth-order valence-corrected chi connectivity index (χ4v) is 2.09. The van der Waals surface area contributed by atoms with E-state index in [1.165, 1.54) is 17.2 Å². The van der Waals surface area contributed by atoms with Crippen LogP contribution in [0.4, 0.5) is 23.8 Å². The van der Waals surface area contributed by atoms with Gasteiger partial charge in [-0.3, -0.25) is 0 Å². The summed E-state index contributed by atoms with van der Waals surface area (Å²) < 4.78 is 43.8. The third kappa shape index (κ3) is 4.02. The van der Waals surface area contributed by atoms with Crippen molar-refractivity contribution < 1.29 is 22.7 Å². The molecule has 0 saturated carbocycles. The lowest BCUT2D eigenvalue weighted by Gasteiger charge is -2.41. The van der Waals surface area contributed by atoms with Crippen LogP contribution in [0, 0.1) is 0 Å². The number of alkyl halides is 3. The highest BCUT2D eigenvalue weighted by Gasteiger charge is 2.39. The molecule has 0 unspecified atom stereocenters. The van der Waals surface area contributed by atoms with E-state index >= 15 is 0 Å². The highest BCUT2D eigenvalue weighted by atomic mass is 19.4. The summed E-state index contributed by atoms with van der Waals surface area (Å²) in [5, 5.41) is 2.62. The number of nitrogens with one attached hydrogen (secondary N) is 1. The molecule has 2 rings (SSSR count). The van der Waals surface area contributed by atoms with E-state index in [2.05, 4.69) is 10.3 Å². The van der Waals surface area contributed by atoms with Gasteiger partial charge in [-0.05, 0) is 32.9 Å². The average Bonchev–Trinajstić information content (AvgIpc) is 2.30. The number of carbonyl (C=O) groups is 1. The van der Waals surface area contributed by atoms with Crippen molar-refractivity contribution in [3.63, 3.8) is 0 Å². The summed E-state index contributed by atoms with van der Waals surface area (Å²) in [6.45, 7) is 5.74. The number of amides is 1. The molecule has 0 aromatic carbocycles. The Hall–Kier alpha value is -1.99. The van der Waals surface area contributed by atoms with E-state index in [1.807, 2.05) is 0 Å². The van der Waals surface area contributed by atoms with Gasteiger partial charge in [-0.15, -0.1) is 0 Å². The van der Waals surface area contributed by atoms with Crippen molar-refractivity contribution >= 4 is 11.9 Å². The van der Waals surface area contributed by atoms with E-state index < -0.39 is 23.4 Å². The number of halogens is 3. The molecule has 0 spiro atoms. The van der Waals surface area contributed by atoms with Crippen LogP contribution in [0.5, 0.6) is 0 Å². The third-order valence-electron chi connectivity index (χ3n) is 2.99. The Labute approximate surface area is 126 Å². The Morgan fingerprint density at radius 2 is 2.00 bits per heavy atom. The minimum atomic E-state index is -4.45. The van der Waals surface area contributed by atoms with Gasteiger partial charge < -0.3 is 15.0 Å². The molecule has 0 bridgehead atoms. The molecule has 1 saturated heterocycles. The summed E-state index contributed by atoms with van der Waals surface area (Å²) >= 11 is 0. The molecule has 5 nitrogen and oxygen atoms in total. The van der Waals surface area contributed by atoms with Crippen molar-refractivity contribution in [2.24, 2.45) is 0 Å². The van der Waals surface area contributed by atoms with Crippen LogP contribution in [-0.2, 0) is 10.9 Å². The van der Waals surface area contributed by atoms with E-state index in [9.17, 15) is 18.0 Å². The number of rotatable bonds is 2. The van der Waals surface area contributed by atoms with Crippen molar-refractivity contribution in [3.05, 3.63) is 23.9 Å². The van der Waals surface area contributed by atoms with E-state index in [1.54, 1.807) is 20.8 Å². The lowest BCUT2D eigenvalue weighted by molar-refractivity contribution is -0.137. The molecule has 8 heteroatoms. The molecule has 0 radical (unpaired) electrons. The Kier molecular flexibility index (Phi) is 4.21. The maximum atomic E-state index is 12.9. The molecular weight excluding hydrogens is 299 g/mol. The summed E-state index contributed by atoms with van der Waals surface area (Å²) in [5.41, 5.74) is -1.39. The molecule has 1 fully saturated rings. The molecular formula is C14H18F3N3O2. The third-order valence-corrected chi connectivity index (χ3v) is 2.99. The molecule has 1 aromatic rings. The second-order valence-electron chi connectivity index (χ2n) is 6.12. The number of aromatic nitrogens is 1. The van der Waals surface area contributed by atoms with Crippen LogP contribution in [0.1, 0.15) is 26.3 Å². The highest BCUT2D eigenvalue weighted by Crippen LogP contribution is 2.36. The van der Waals surface area contributed by atoms with Gasteiger partial charge in [-0.25, -0.2) is 9.78 Å². The van der Waals surface area contributed by atoms with Crippen LogP contribution < -0.4 is 10.2 Å². The Morgan fingerprint density at radius 3 is 2.55 bits per heavy atom. The molecule has 0 aliphatic carbocycles. The van der Waals surface area contributed by atoms with Gasteiger partial charge in [-0.1, -0.05) is 0 Å². The second kappa shape index (κ2) is 5.66. The van der Waals surface area contributed by atoms with Gasteiger partial charge in [0.1, 0.15) is 11.4 Å². The summed E-state index contributed by atoms with van der Waals surface area (Å²) in [5.74, 6) is -0.114. The van der Waals surface area contributed by atoms with E-state index in [0.29, 0.717) is 0 Å². The number of pyridine rings is 1. The molecule has 0 atom stereocenters. The van der Waals surface area contributed by atoms with Gasteiger partial charge in [0.25, 0.3) is 0 Å². The predicted octanol–water partition coefficient (Wildman–Crippen LogP) is 2.81. The largest absolute Gasteiger partial charge is 0.444 e. The van der Waals surface area contributed by atoms with Crippen molar-refractivity contribution in [2.45, 2.75) is 38.6 Å². The zero-order valence-corrected chi connectivity index (χ0v) is 12.6. The quantitative estimate of drug-likeness (QED) is 0.911. The molecule has 1 amide bonds. The first-order valence-corrected chi connectivity index (χ1v) is 6.83. The monoisotopic (exact) mass is 317 g/mol. The lowest BCUT2D eigenvalue weighted by atomic mass is 10.1. The van der Waals surface area contributed by atoms with E-state index in [0.717, 1.165) is 6.07 Å². The van der Waals surface area contributed by atoms with Crippen LogP contribution in [0.2, 0.25) is 0 Å². The fourth-order valence-electron chi connectivity index (χ4n) is 2.09. The van der Waals surface area contributed by atoms with Crippen LogP contribution >= 0.6 is 0 Å². The van der Waals surface area contributed by atoms with Gasteiger partial charge in [-0.2, -0.15) is 13.2 Å². The molecule has 1 aromatic heterocycles. The normalized spacial score (nSPS) is 16.2. The first-order chi connectivity index (χ1) is 10.1. The lowest BCUT2D eigenvalue weighted by Crippen LogP contribution is -2.60. The standard InChI is InChI=1S/C14H18F3N3O2/c1-13(2,3)22-12(21)19-9-7-20(8-9)11-10(14(15,16)17)5-4-6-18-11/h4-6,9H,7-8H2,1-3H3,(H,19,21). The smallest absolute Gasteiger partial charge is 0.419 e. The van der Waals surface area contributed by atoms with Gasteiger partial charge in [0, 0.05) is 19.3 Å². The Morgan fingerprint density at radius 1 is 1.36 bits per heavy atom. The first-order valence-electron chi connectivity index (χ1n) is 6.83. The number of carbonyl (C=O) groups excluding carboxylic acids is 1. The van der Waals surface area contributed by atoms with Crippen molar-refractivity contribution in [2.75, 3.05) is 18.0 Å². The molecule has 122 valence electrons. The van der Waals surface area contributed by atoms with Crippen LogP contribution in [0.25, 0.3) is 0 Å². The minimum Gasteiger partial charge on any atom is -0.444 e. The minimum absolute atomic E-state index is 0.114. The molecule has 22 heavy (non-hydrogen) atoms. The summed E-state index contributed by atoms with van der Waals surface area (Å²) in [6.07, 6.45) is -3.71. The predicted molar refractivity (Wildman–Crippen MR) is 74.6 cm³/mol. The fraction of sp³-hybridized carbons (Fsp3) is 0.571. The van der Waals surface area contributed by atoms with Crippen LogP contribution in [0.15, 0.2) is 18.3 Å². The van der Waals surface area contributed by atoms with Crippen LogP contribution in [0.3, 0.4) is 0 Å². The van der Waals surface area contributed by atoms with Crippen molar-refractivity contribution in [3.8, 4) is 0 Å².